The van der Waals surface area contributed by atoms with Crippen LogP contribution in [0.3, 0.4) is 0 Å². The van der Waals surface area contributed by atoms with E-state index in [1.807, 2.05) is 12.1 Å². The Morgan fingerprint density at radius 2 is 1.96 bits per heavy atom. The molecule has 1 aliphatic rings. The fraction of sp³-hybridized carbons (Fsp3) is 0.353. The molecule has 6 heteroatoms. The van der Waals surface area contributed by atoms with Gasteiger partial charge >= 0.3 is 0 Å². The van der Waals surface area contributed by atoms with Crippen LogP contribution in [0.1, 0.15) is 29.8 Å². The Morgan fingerprint density at radius 3 is 2.74 bits per heavy atom. The number of carbonyl (C=O) groups excluding carboxylic acids is 1. The quantitative estimate of drug-likeness (QED) is 0.940. The average molecular weight is 312 g/mol. The Bertz CT molecular complexity index is 684. The van der Waals surface area contributed by atoms with Crippen LogP contribution in [0.15, 0.2) is 36.7 Å². The number of benzene rings is 1. The van der Waals surface area contributed by atoms with Crippen molar-refractivity contribution in [3.05, 3.63) is 42.4 Å². The number of methoxy groups -OCH3 is 1. The Labute approximate surface area is 135 Å². The van der Waals surface area contributed by atoms with Gasteiger partial charge in [-0.25, -0.2) is 9.97 Å². The minimum atomic E-state index is -0.268. The molecule has 0 unspecified atom stereocenters. The molecule has 0 aliphatic carbocycles. The summed E-state index contributed by atoms with van der Waals surface area (Å²) >= 11 is 0. The van der Waals surface area contributed by atoms with Gasteiger partial charge in [0.1, 0.15) is 23.6 Å². The van der Waals surface area contributed by atoms with Crippen molar-refractivity contribution in [2.24, 2.45) is 0 Å². The van der Waals surface area contributed by atoms with Gasteiger partial charge in [0, 0.05) is 19.2 Å². The van der Waals surface area contributed by atoms with Gasteiger partial charge in [0.25, 0.3) is 5.91 Å². The molecule has 6 nitrogen and oxygen atoms in total. The molecular formula is C17H20N4O2. The highest BCUT2D eigenvalue weighted by Gasteiger charge is 2.16. The molecule has 0 radical (unpaired) electrons. The molecule has 23 heavy (non-hydrogen) atoms. The van der Waals surface area contributed by atoms with Crippen LogP contribution >= 0.6 is 0 Å². The van der Waals surface area contributed by atoms with Crippen LogP contribution in [0.4, 0.5) is 11.5 Å². The summed E-state index contributed by atoms with van der Waals surface area (Å²) in [5.74, 6) is 1.16. The minimum absolute atomic E-state index is 0.268. The second-order valence-corrected chi connectivity index (χ2v) is 5.46. The molecule has 1 aromatic heterocycles. The summed E-state index contributed by atoms with van der Waals surface area (Å²) in [6.45, 7) is 1.95. The maximum Gasteiger partial charge on any atom is 0.274 e. The van der Waals surface area contributed by atoms with E-state index in [1.54, 1.807) is 25.3 Å². The van der Waals surface area contributed by atoms with Crippen molar-refractivity contribution in [1.82, 2.24) is 9.97 Å². The predicted octanol–water partition coefficient (Wildman–Crippen LogP) is 2.73. The maximum absolute atomic E-state index is 12.4. The summed E-state index contributed by atoms with van der Waals surface area (Å²) < 4.78 is 5.25. The molecule has 2 heterocycles. The van der Waals surface area contributed by atoms with Crippen LogP contribution in [0, 0.1) is 0 Å². The number of aromatic nitrogens is 2. The van der Waals surface area contributed by atoms with Gasteiger partial charge in [-0.2, -0.15) is 0 Å². The number of nitrogens with zero attached hydrogens (tertiary/aromatic N) is 3. The molecule has 2 aromatic rings. The van der Waals surface area contributed by atoms with E-state index in [1.165, 1.54) is 12.7 Å². The van der Waals surface area contributed by atoms with Crippen LogP contribution in [-0.2, 0) is 0 Å². The van der Waals surface area contributed by atoms with Gasteiger partial charge in [-0.15, -0.1) is 0 Å². The van der Waals surface area contributed by atoms with Crippen molar-refractivity contribution < 1.29 is 9.53 Å². The van der Waals surface area contributed by atoms with E-state index < -0.39 is 0 Å². The van der Waals surface area contributed by atoms with Crippen LogP contribution in [0.25, 0.3) is 0 Å². The lowest BCUT2D eigenvalue weighted by Crippen LogP contribution is -2.30. The van der Waals surface area contributed by atoms with Gasteiger partial charge in [0.05, 0.1) is 12.8 Å². The van der Waals surface area contributed by atoms with Crippen LogP contribution in [0.2, 0.25) is 0 Å². The average Bonchev–Trinajstić information content (AvgIpc) is 2.63. The van der Waals surface area contributed by atoms with E-state index >= 15 is 0 Å². The fourth-order valence-electron chi connectivity index (χ4n) is 2.70. The number of carbonyl (C=O) groups is 1. The molecule has 0 saturated carbocycles. The van der Waals surface area contributed by atoms with Gasteiger partial charge in [-0.1, -0.05) is 12.1 Å². The van der Waals surface area contributed by atoms with Gasteiger partial charge in [-0.3, -0.25) is 4.79 Å². The standard InChI is InChI=1S/C17H20N4O2/c1-23-15-8-4-3-7-13(15)20-17(22)14-11-16(19-12-18-14)21-9-5-2-6-10-21/h3-4,7-8,11-12H,2,5-6,9-10H2,1H3,(H,20,22). The summed E-state index contributed by atoms with van der Waals surface area (Å²) in [6, 6.07) is 9.04. The van der Waals surface area contributed by atoms with E-state index in [2.05, 4.69) is 20.2 Å². The number of ether oxygens (including phenoxy) is 1. The zero-order valence-corrected chi connectivity index (χ0v) is 13.2. The van der Waals surface area contributed by atoms with Crippen LogP contribution < -0.4 is 15.0 Å². The largest absolute Gasteiger partial charge is 0.495 e. The van der Waals surface area contributed by atoms with E-state index in [9.17, 15) is 4.79 Å². The van der Waals surface area contributed by atoms with E-state index in [4.69, 9.17) is 4.74 Å². The first-order valence-corrected chi connectivity index (χ1v) is 7.79. The molecule has 1 amide bonds. The molecule has 1 aromatic carbocycles. The number of amides is 1. The second kappa shape index (κ2) is 7.09. The van der Waals surface area contributed by atoms with Gasteiger partial charge in [-0.05, 0) is 31.4 Å². The topological polar surface area (TPSA) is 67.3 Å². The predicted molar refractivity (Wildman–Crippen MR) is 89.0 cm³/mol. The smallest absolute Gasteiger partial charge is 0.274 e. The zero-order chi connectivity index (χ0) is 16.1. The minimum Gasteiger partial charge on any atom is -0.495 e. The highest BCUT2D eigenvalue weighted by molar-refractivity contribution is 6.04. The van der Waals surface area contributed by atoms with Gasteiger partial charge in [0.2, 0.25) is 0 Å². The number of hydrogen-bond donors (Lipinski definition) is 1. The Morgan fingerprint density at radius 1 is 1.17 bits per heavy atom. The van der Waals surface area contributed by atoms with Gasteiger partial charge in [0.15, 0.2) is 0 Å². The third kappa shape index (κ3) is 3.59. The molecule has 0 bridgehead atoms. The number of hydrogen-bond acceptors (Lipinski definition) is 5. The first kappa shape index (κ1) is 15.3. The molecular weight excluding hydrogens is 292 g/mol. The zero-order valence-electron chi connectivity index (χ0n) is 13.2. The van der Waals surface area contributed by atoms with Crippen molar-refractivity contribution in [2.45, 2.75) is 19.3 Å². The summed E-state index contributed by atoms with van der Waals surface area (Å²) in [5, 5.41) is 2.84. The number of para-hydroxylation sites is 2. The Kier molecular flexibility index (Phi) is 4.71. The number of piperidine rings is 1. The Hall–Kier alpha value is -2.63. The van der Waals surface area contributed by atoms with E-state index in [0.29, 0.717) is 17.1 Å². The van der Waals surface area contributed by atoms with Crippen molar-refractivity contribution in [1.29, 1.82) is 0 Å². The first-order chi connectivity index (χ1) is 11.3. The summed E-state index contributed by atoms with van der Waals surface area (Å²) in [4.78, 5) is 23.0. The highest BCUT2D eigenvalue weighted by atomic mass is 16.5. The number of nitrogens with one attached hydrogen (secondary N) is 1. The fourth-order valence-corrected chi connectivity index (χ4v) is 2.70. The third-order valence-electron chi connectivity index (χ3n) is 3.92. The molecule has 120 valence electrons. The monoisotopic (exact) mass is 312 g/mol. The van der Waals surface area contributed by atoms with Crippen LogP contribution in [0.5, 0.6) is 5.75 Å². The van der Waals surface area contributed by atoms with Gasteiger partial charge < -0.3 is 15.0 Å². The molecule has 1 saturated heterocycles. The highest BCUT2D eigenvalue weighted by Crippen LogP contribution is 2.24. The molecule has 1 fully saturated rings. The normalized spacial score (nSPS) is 14.4. The first-order valence-electron chi connectivity index (χ1n) is 7.79. The third-order valence-corrected chi connectivity index (χ3v) is 3.92. The molecule has 1 aliphatic heterocycles. The van der Waals surface area contributed by atoms with Crippen molar-refractivity contribution in [3.63, 3.8) is 0 Å². The molecule has 0 atom stereocenters. The van der Waals surface area contributed by atoms with Crippen molar-refractivity contribution in [2.75, 3.05) is 30.4 Å². The SMILES string of the molecule is COc1ccccc1NC(=O)c1cc(N2CCCCC2)ncn1. The van der Waals surface area contributed by atoms with Crippen molar-refractivity contribution in [3.8, 4) is 5.75 Å². The number of rotatable bonds is 4. The maximum atomic E-state index is 12.4. The number of anilines is 2. The molecule has 1 N–H and O–H groups in total. The van der Waals surface area contributed by atoms with E-state index in [0.717, 1.165) is 31.7 Å². The Balaban J connectivity index is 1.77. The van der Waals surface area contributed by atoms with Crippen molar-refractivity contribution >= 4 is 17.4 Å². The lowest BCUT2D eigenvalue weighted by Gasteiger charge is -2.27. The van der Waals surface area contributed by atoms with E-state index in [-0.39, 0.29) is 5.91 Å². The lowest BCUT2D eigenvalue weighted by atomic mass is 10.1. The summed E-state index contributed by atoms with van der Waals surface area (Å²) in [5.41, 5.74) is 0.976. The second-order valence-electron chi connectivity index (χ2n) is 5.46. The summed E-state index contributed by atoms with van der Waals surface area (Å²) in [6.07, 6.45) is 5.02. The van der Waals surface area contributed by atoms with Crippen LogP contribution in [-0.4, -0.2) is 36.1 Å². The molecule has 0 spiro atoms. The molecule has 3 rings (SSSR count). The lowest BCUT2D eigenvalue weighted by molar-refractivity contribution is 0.102. The summed E-state index contributed by atoms with van der Waals surface area (Å²) in [7, 11) is 1.57.